The molecule has 0 aliphatic carbocycles. The first-order valence-corrected chi connectivity index (χ1v) is 10.3. The highest BCUT2D eigenvalue weighted by Gasteiger charge is 2.24. The Labute approximate surface area is 166 Å². The zero-order chi connectivity index (χ0) is 19.1. The predicted octanol–water partition coefficient (Wildman–Crippen LogP) is 2.25. The first-order valence-electron chi connectivity index (χ1n) is 9.89. The molecule has 0 saturated carbocycles. The normalized spacial score (nSPS) is 23.1. The number of likely N-dealkylation sites (tertiary alicyclic amines) is 1. The van der Waals surface area contributed by atoms with Gasteiger partial charge in [-0.25, -0.2) is 0 Å². The molecule has 3 N–H and O–H groups in total. The maximum Gasteiger partial charge on any atom is 0.237 e. The van der Waals surface area contributed by atoms with Crippen molar-refractivity contribution < 1.29 is 9.59 Å². The second-order valence-corrected chi connectivity index (χ2v) is 7.95. The molecule has 148 valence electrons. The quantitative estimate of drug-likeness (QED) is 0.665. The minimum atomic E-state index is -0.0140. The van der Waals surface area contributed by atoms with Crippen molar-refractivity contribution in [3.63, 3.8) is 0 Å². The summed E-state index contributed by atoms with van der Waals surface area (Å²) < 4.78 is 0. The van der Waals surface area contributed by atoms with Crippen molar-refractivity contribution in [1.29, 1.82) is 0 Å². The van der Waals surface area contributed by atoms with Crippen molar-refractivity contribution >= 4 is 29.1 Å². The van der Waals surface area contributed by atoms with Gasteiger partial charge in [-0.2, -0.15) is 0 Å². The molecular weight excluding hydrogens is 364 g/mol. The number of amides is 2. The molecular formula is C20H29ClN4O2. The molecule has 2 fully saturated rings. The van der Waals surface area contributed by atoms with Gasteiger partial charge in [-0.1, -0.05) is 17.7 Å². The Hall–Kier alpha value is -1.63. The van der Waals surface area contributed by atoms with E-state index in [1.807, 2.05) is 12.1 Å². The minimum absolute atomic E-state index is 0.000000641. The maximum absolute atomic E-state index is 12.2. The molecule has 2 heterocycles. The molecule has 2 aliphatic rings. The van der Waals surface area contributed by atoms with Gasteiger partial charge in [0.2, 0.25) is 11.8 Å². The molecule has 6 nitrogen and oxygen atoms in total. The molecule has 7 heteroatoms. The van der Waals surface area contributed by atoms with Crippen LogP contribution in [0.25, 0.3) is 0 Å². The number of hydrogen-bond donors (Lipinski definition) is 3. The Morgan fingerprint density at radius 3 is 2.93 bits per heavy atom. The number of nitrogens with zero attached hydrogens (tertiary/aromatic N) is 1. The van der Waals surface area contributed by atoms with Gasteiger partial charge in [0.15, 0.2) is 0 Å². The zero-order valence-electron chi connectivity index (χ0n) is 15.7. The van der Waals surface area contributed by atoms with Crippen LogP contribution in [-0.2, 0) is 9.59 Å². The average molecular weight is 393 g/mol. The highest BCUT2D eigenvalue weighted by atomic mass is 35.5. The summed E-state index contributed by atoms with van der Waals surface area (Å²) in [5.41, 5.74) is 0.729. The molecule has 0 spiro atoms. The van der Waals surface area contributed by atoms with Crippen molar-refractivity contribution in [2.24, 2.45) is 5.92 Å². The molecule has 1 aromatic carbocycles. The fourth-order valence-corrected chi connectivity index (χ4v) is 4.04. The number of anilines is 1. The lowest BCUT2D eigenvalue weighted by molar-refractivity contribution is -0.123. The molecule has 0 bridgehead atoms. The van der Waals surface area contributed by atoms with E-state index in [1.54, 1.807) is 12.1 Å². The number of piperidine rings is 1. The van der Waals surface area contributed by atoms with Gasteiger partial charge in [-0.3, -0.25) is 9.59 Å². The maximum atomic E-state index is 12.2. The topological polar surface area (TPSA) is 73.5 Å². The number of hydrogen-bond acceptors (Lipinski definition) is 4. The van der Waals surface area contributed by atoms with Gasteiger partial charge in [-0.15, -0.1) is 0 Å². The van der Waals surface area contributed by atoms with Gasteiger partial charge in [0, 0.05) is 36.8 Å². The summed E-state index contributed by atoms with van der Waals surface area (Å²) in [5.74, 6) is 0.589. The van der Waals surface area contributed by atoms with E-state index in [0.717, 1.165) is 64.1 Å². The molecule has 1 aromatic rings. The molecule has 27 heavy (non-hydrogen) atoms. The van der Waals surface area contributed by atoms with Gasteiger partial charge in [0.05, 0.1) is 6.04 Å². The van der Waals surface area contributed by atoms with Crippen LogP contribution in [0, 0.1) is 5.92 Å². The molecule has 2 saturated heterocycles. The smallest absolute Gasteiger partial charge is 0.237 e. The van der Waals surface area contributed by atoms with Crippen LogP contribution in [0.1, 0.15) is 32.1 Å². The van der Waals surface area contributed by atoms with Crippen LogP contribution in [0.4, 0.5) is 5.69 Å². The minimum Gasteiger partial charge on any atom is -0.354 e. The van der Waals surface area contributed by atoms with Gasteiger partial charge >= 0.3 is 0 Å². The SMILES string of the molecule is O=C(CCN1CCCC(CNC(=O)C2CCCN2)C1)Nc1cccc(Cl)c1. The summed E-state index contributed by atoms with van der Waals surface area (Å²) in [6.45, 7) is 4.34. The third kappa shape index (κ3) is 6.48. The van der Waals surface area contributed by atoms with E-state index in [-0.39, 0.29) is 17.9 Å². The third-order valence-corrected chi connectivity index (χ3v) is 5.54. The number of benzene rings is 1. The Morgan fingerprint density at radius 2 is 2.15 bits per heavy atom. The van der Waals surface area contributed by atoms with Crippen LogP contribution >= 0.6 is 11.6 Å². The Balaban J connectivity index is 1.36. The van der Waals surface area contributed by atoms with E-state index in [1.165, 1.54) is 0 Å². The van der Waals surface area contributed by atoms with E-state index >= 15 is 0 Å². The molecule has 2 unspecified atom stereocenters. The van der Waals surface area contributed by atoms with E-state index in [2.05, 4.69) is 20.9 Å². The first kappa shape index (κ1) is 20.1. The summed E-state index contributed by atoms with van der Waals surface area (Å²) in [5, 5.41) is 9.84. The molecule has 2 amide bonds. The monoisotopic (exact) mass is 392 g/mol. The Bertz CT molecular complexity index is 649. The summed E-state index contributed by atoms with van der Waals surface area (Å²) in [7, 11) is 0. The van der Waals surface area contributed by atoms with Crippen molar-refractivity contribution in [3.8, 4) is 0 Å². The van der Waals surface area contributed by atoms with Crippen molar-refractivity contribution in [1.82, 2.24) is 15.5 Å². The average Bonchev–Trinajstić information content (AvgIpc) is 3.20. The molecule has 2 aliphatic heterocycles. The third-order valence-electron chi connectivity index (χ3n) is 5.31. The van der Waals surface area contributed by atoms with Crippen molar-refractivity contribution in [3.05, 3.63) is 29.3 Å². The van der Waals surface area contributed by atoms with Crippen molar-refractivity contribution in [2.75, 3.05) is 38.0 Å². The van der Waals surface area contributed by atoms with Gasteiger partial charge in [0.25, 0.3) is 0 Å². The van der Waals surface area contributed by atoms with Crippen LogP contribution in [0.15, 0.2) is 24.3 Å². The predicted molar refractivity (Wildman–Crippen MR) is 108 cm³/mol. The second-order valence-electron chi connectivity index (χ2n) is 7.51. The second kappa shape index (κ2) is 10.1. The molecule has 3 rings (SSSR count). The van der Waals surface area contributed by atoms with Crippen molar-refractivity contribution in [2.45, 2.75) is 38.1 Å². The Kier molecular flexibility index (Phi) is 7.50. The van der Waals surface area contributed by atoms with Crippen LogP contribution in [0.3, 0.4) is 0 Å². The van der Waals surface area contributed by atoms with E-state index in [4.69, 9.17) is 11.6 Å². The lowest BCUT2D eigenvalue weighted by Gasteiger charge is -2.32. The summed E-state index contributed by atoms with van der Waals surface area (Å²) in [6.07, 6.45) is 4.70. The number of nitrogens with one attached hydrogen (secondary N) is 3. The van der Waals surface area contributed by atoms with Crippen LogP contribution in [0.2, 0.25) is 5.02 Å². The molecule has 2 atom stereocenters. The summed E-state index contributed by atoms with van der Waals surface area (Å²) in [4.78, 5) is 26.6. The number of rotatable bonds is 7. The molecule has 0 aromatic heterocycles. The van der Waals surface area contributed by atoms with Gasteiger partial charge in [0.1, 0.15) is 0 Å². The lowest BCUT2D eigenvalue weighted by atomic mass is 9.97. The number of carbonyl (C=O) groups is 2. The number of carbonyl (C=O) groups excluding carboxylic acids is 2. The van der Waals surface area contributed by atoms with Crippen LogP contribution < -0.4 is 16.0 Å². The van der Waals surface area contributed by atoms with E-state index in [9.17, 15) is 9.59 Å². The Morgan fingerprint density at radius 1 is 1.26 bits per heavy atom. The van der Waals surface area contributed by atoms with Gasteiger partial charge in [-0.05, 0) is 62.9 Å². The fourth-order valence-electron chi connectivity index (χ4n) is 3.85. The number of halogens is 1. The molecule has 0 radical (unpaired) electrons. The standard InChI is InChI=1S/C20H29ClN4O2/c21-16-5-1-6-17(12-16)24-19(26)8-11-25-10-3-4-15(14-25)13-23-20(27)18-7-2-9-22-18/h1,5-6,12,15,18,22H,2-4,7-11,13-14H2,(H,23,27)(H,24,26). The van der Waals surface area contributed by atoms with Crippen LogP contribution in [0.5, 0.6) is 0 Å². The fraction of sp³-hybridized carbons (Fsp3) is 0.600. The highest BCUT2D eigenvalue weighted by Crippen LogP contribution is 2.17. The van der Waals surface area contributed by atoms with E-state index < -0.39 is 0 Å². The van der Waals surface area contributed by atoms with Crippen LogP contribution in [-0.4, -0.2) is 55.5 Å². The summed E-state index contributed by atoms with van der Waals surface area (Å²) >= 11 is 5.94. The van der Waals surface area contributed by atoms with E-state index in [0.29, 0.717) is 17.4 Å². The zero-order valence-corrected chi connectivity index (χ0v) is 16.4. The largest absolute Gasteiger partial charge is 0.354 e. The van der Waals surface area contributed by atoms with Gasteiger partial charge < -0.3 is 20.9 Å². The summed E-state index contributed by atoms with van der Waals surface area (Å²) in [6, 6.07) is 7.18. The highest BCUT2D eigenvalue weighted by molar-refractivity contribution is 6.30. The first-order chi connectivity index (χ1) is 13.1. The lowest BCUT2D eigenvalue weighted by Crippen LogP contribution is -2.45.